The fourth-order valence-electron chi connectivity index (χ4n) is 3.34. The summed E-state index contributed by atoms with van der Waals surface area (Å²) in [5, 5.41) is 3.36. The Hall–Kier alpha value is -1.74. The van der Waals surface area contributed by atoms with Crippen molar-refractivity contribution in [3.8, 4) is 0 Å². The first-order chi connectivity index (χ1) is 9.33. The minimum Gasteiger partial charge on any atom is -0.307 e. The maximum Gasteiger partial charge on any atom is 0.136 e. The molecule has 0 saturated carbocycles. The highest BCUT2D eigenvalue weighted by atomic mass is 15.0. The predicted octanol–water partition coefficient (Wildman–Crippen LogP) is 2.47. The summed E-state index contributed by atoms with van der Waals surface area (Å²) >= 11 is 0. The molecule has 1 aromatic carbocycles. The minimum atomic E-state index is 0.390. The van der Waals surface area contributed by atoms with Gasteiger partial charge in [0.15, 0.2) is 0 Å². The van der Waals surface area contributed by atoms with E-state index in [0.717, 1.165) is 37.4 Å². The fraction of sp³-hybridized carbons (Fsp3) is 0.375. The van der Waals surface area contributed by atoms with Crippen LogP contribution in [0.15, 0.2) is 24.3 Å². The summed E-state index contributed by atoms with van der Waals surface area (Å²) in [6, 6.07) is 8.72. The van der Waals surface area contributed by atoms with E-state index in [0.29, 0.717) is 5.92 Å². The van der Waals surface area contributed by atoms with E-state index in [-0.39, 0.29) is 0 Å². The van der Waals surface area contributed by atoms with Crippen LogP contribution in [-0.2, 0) is 19.5 Å². The molecule has 3 nitrogen and oxygen atoms in total. The van der Waals surface area contributed by atoms with Gasteiger partial charge in [-0.3, -0.25) is 0 Å². The highest BCUT2D eigenvalue weighted by Crippen LogP contribution is 2.37. The lowest BCUT2D eigenvalue weighted by Crippen LogP contribution is -2.08. The van der Waals surface area contributed by atoms with Gasteiger partial charge >= 0.3 is 0 Å². The van der Waals surface area contributed by atoms with E-state index in [4.69, 9.17) is 9.97 Å². The van der Waals surface area contributed by atoms with E-state index in [1.165, 1.54) is 22.4 Å². The molecule has 3 heteroatoms. The Labute approximate surface area is 113 Å². The summed E-state index contributed by atoms with van der Waals surface area (Å²) in [4.78, 5) is 9.60. The topological polar surface area (TPSA) is 37.8 Å². The molecule has 2 aliphatic rings. The van der Waals surface area contributed by atoms with E-state index in [1.807, 2.05) is 0 Å². The molecule has 1 atom stereocenters. The summed E-state index contributed by atoms with van der Waals surface area (Å²) < 4.78 is 0. The van der Waals surface area contributed by atoms with Crippen LogP contribution >= 0.6 is 0 Å². The second kappa shape index (κ2) is 4.14. The molecular formula is C16H17N3. The van der Waals surface area contributed by atoms with Gasteiger partial charge in [-0.25, -0.2) is 9.97 Å². The molecule has 2 aromatic rings. The van der Waals surface area contributed by atoms with Crippen LogP contribution in [0.3, 0.4) is 0 Å². The molecule has 2 heterocycles. The van der Waals surface area contributed by atoms with Crippen LogP contribution in [0.25, 0.3) is 0 Å². The Morgan fingerprint density at radius 2 is 2.05 bits per heavy atom. The van der Waals surface area contributed by atoms with Crippen molar-refractivity contribution < 1.29 is 0 Å². The molecule has 0 radical (unpaired) electrons. The van der Waals surface area contributed by atoms with Crippen LogP contribution in [-0.4, -0.2) is 9.97 Å². The van der Waals surface area contributed by atoms with Gasteiger partial charge < -0.3 is 5.32 Å². The highest BCUT2D eigenvalue weighted by molar-refractivity contribution is 5.40. The molecule has 1 unspecified atom stereocenters. The van der Waals surface area contributed by atoms with Crippen LogP contribution in [0.5, 0.6) is 0 Å². The first-order valence-electron chi connectivity index (χ1n) is 6.98. The van der Waals surface area contributed by atoms with Gasteiger partial charge in [-0.15, -0.1) is 0 Å². The molecule has 0 saturated heterocycles. The van der Waals surface area contributed by atoms with Crippen molar-refractivity contribution >= 4 is 0 Å². The third kappa shape index (κ3) is 1.69. The molecular weight excluding hydrogens is 234 g/mol. The van der Waals surface area contributed by atoms with E-state index < -0.39 is 0 Å². The second-order valence-corrected chi connectivity index (χ2v) is 5.49. The molecule has 19 heavy (non-hydrogen) atoms. The van der Waals surface area contributed by atoms with Crippen molar-refractivity contribution in [2.75, 3.05) is 0 Å². The summed E-state index contributed by atoms with van der Waals surface area (Å²) in [5.74, 6) is 1.41. The average Bonchev–Trinajstić information content (AvgIpc) is 3.04. The SMILES string of the molecule is Cc1nc(C2CCc3ccccc32)nc2c1CNC2. The lowest BCUT2D eigenvalue weighted by Gasteiger charge is -2.13. The monoisotopic (exact) mass is 251 g/mol. The molecule has 96 valence electrons. The number of rotatable bonds is 1. The van der Waals surface area contributed by atoms with Crippen LogP contribution < -0.4 is 5.32 Å². The van der Waals surface area contributed by atoms with E-state index in [1.54, 1.807) is 0 Å². The molecule has 0 bridgehead atoms. The third-order valence-electron chi connectivity index (χ3n) is 4.36. The Bertz CT molecular complexity index is 648. The van der Waals surface area contributed by atoms with Crippen LogP contribution in [0.4, 0.5) is 0 Å². The molecule has 0 amide bonds. The summed E-state index contributed by atoms with van der Waals surface area (Å²) in [6.07, 6.45) is 2.30. The van der Waals surface area contributed by atoms with Gasteiger partial charge in [0.2, 0.25) is 0 Å². The second-order valence-electron chi connectivity index (χ2n) is 5.49. The van der Waals surface area contributed by atoms with Crippen molar-refractivity contribution in [1.29, 1.82) is 0 Å². The van der Waals surface area contributed by atoms with Crippen molar-refractivity contribution in [1.82, 2.24) is 15.3 Å². The van der Waals surface area contributed by atoms with Gasteiger partial charge in [-0.2, -0.15) is 0 Å². The van der Waals surface area contributed by atoms with Gasteiger partial charge in [0.25, 0.3) is 0 Å². The van der Waals surface area contributed by atoms with Crippen molar-refractivity contribution in [3.63, 3.8) is 0 Å². The Kier molecular flexibility index (Phi) is 2.42. The third-order valence-corrected chi connectivity index (χ3v) is 4.36. The molecule has 0 fully saturated rings. The lowest BCUT2D eigenvalue weighted by atomic mass is 10.00. The molecule has 1 aromatic heterocycles. The van der Waals surface area contributed by atoms with Crippen LogP contribution in [0.2, 0.25) is 0 Å². The largest absolute Gasteiger partial charge is 0.307 e. The van der Waals surface area contributed by atoms with Gasteiger partial charge in [0.1, 0.15) is 5.82 Å². The normalized spacial score (nSPS) is 20.4. The quantitative estimate of drug-likeness (QED) is 0.846. The van der Waals surface area contributed by atoms with E-state index >= 15 is 0 Å². The zero-order chi connectivity index (χ0) is 12.8. The fourth-order valence-corrected chi connectivity index (χ4v) is 3.34. The summed E-state index contributed by atoms with van der Waals surface area (Å²) in [7, 11) is 0. The summed E-state index contributed by atoms with van der Waals surface area (Å²) in [5.41, 5.74) is 6.54. The Balaban J connectivity index is 1.81. The summed E-state index contributed by atoms with van der Waals surface area (Å²) in [6.45, 7) is 3.92. The van der Waals surface area contributed by atoms with Gasteiger partial charge in [-0.05, 0) is 30.9 Å². The zero-order valence-corrected chi connectivity index (χ0v) is 11.1. The van der Waals surface area contributed by atoms with Crippen molar-refractivity contribution in [3.05, 3.63) is 58.2 Å². The molecule has 1 aliphatic carbocycles. The van der Waals surface area contributed by atoms with Crippen molar-refractivity contribution in [2.24, 2.45) is 0 Å². The predicted molar refractivity (Wildman–Crippen MR) is 73.9 cm³/mol. The van der Waals surface area contributed by atoms with Gasteiger partial charge in [0.05, 0.1) is 5.69 Å². The average molecular weight is 251 g/mol. The lowest BCUT2D eigenvalue weighted by molar-refractivity contribution is 0.711. The van der Waals surface area contributed by atoms with Gasteiger partial charge in [-0.1, -0.05) is 24.3 Å². The Morgan fingerprint density at radius 3 is 3.00 bits per heavy atom. The number of benzene rings is 1. The van der Waals surface area contributed by atoms with Crippen LogP contribution in [0, 0.1) is 6.92 Å². The molecule has 1 aliphatic heterocycles. The molecule has 1 N–H and O–H groups in total. The number of hydrogen-bond acceptors (Lipinski definition) is 3. The maximum absolute atomic E-state index is 4.82. The van der Waals surface area contributed by atoms with Gasteiger partial charge in [0, 0.05) is 30.3 Å². The number of nitrogens with one attached hydrogen (secondary N) is 1. The van der Waals surface area contributed by atoms with E-state index in [9.17, 15) is 0 Å². The first-order valence-corrected chi connectivity index (χ1v) is 6.98. The molecule has 4 rings (SSSR count). The number of hydrogen-bond donors (Lipinski definition) is 1. The molecule has 0 spiro atoms. The minimum absolute atomic E-state index is 0.390. The smallest absolute Gasteiger partial charge is 0.136 e. The standard InChI is InChI=1S/C16H17N3/c1-10-14-8-17-9-15(14)19-16(18-10)13-7-6-11-4-2-3-5-12(11)13/h2-5,13,17H,6-9H2,1H3. The van der Waals surface area contributed by atoms with E-state index in [2.05, 4.69) is 36.5 Å². The zero-order valence-electron chi connectivity index (χ0n) is 11.1. The number of aromatic nitrogens is 2. The van der Waals surface area contributed by atoms with Crippen LogP contribution in [0.1, 0.15) is 46.2 Å². The Morgan fingerprint density at radius 1 is 1.16 bits per heavy atom. The maximum atomic E-state index is 4.82. The number of fused-ring (bicyclic) bond motifs is 2. The first kappa shape index (κ1) is 11.1. The van der Waals surface area contributed by atoms with Crippen molar-refractivity contribution in [2.45, 2.75) is 38.8 Å². The highest BCUT2D eigenvalue weighted by Gasteiger charge is 2.27. The number of nitrogens with zero attached hydrogens (tertiary/aromatic N) is 2. The number of aryl methyl sites for hydroxylation is 2.